The van der Waals surface area contributed by atoms with Crippen molar-refractivity contribution in [3.05, 3.63) is 0 Å². The first kappa shape index (κ1) is 12.0. The number of aliphatic hydroxyl groups excluding tert-OH is 1. The van der Waals surface area contributed by atoms with Gasteiger partial charge in [-0.1, -0.05) is 20.8 Å². The van der Waals surface area contributed by atoms with Crippen LogP contribution in [0.15, 0.2) is 0 Å². The molecule has 3 nitrogen and oxygen atoms in total. The Balaban J connectivity index is 2.41. The van der Waals surface area contributed by atoms with E-state index in [1.165, 1.54) is 0 Å². The summed E-state index contributed by atoms with van der Waals surface area (Å²) in [5.41, 5.74) is 0.200. The molecule has 0 saturated carbocycles. The molecule has 0 aromatic heterocycles. The van der Waals surface area contributed by atoms with Gasteiger partial charge in [0.2, 0.25) is 0 Å². The van der Waals surface area contributed by atoms with Gasteiger partial charge in [0, 0.05) is 25.3 Å². The summed E-state index contributed by atoms with van der Waals surface area (Å²) in [7, 11) is 0. The third kappa shape index (κ3) is 3.56. The minimum absolute atomic E-state index is 0.200. The van der Waals surface area contributed by atoms with E-state index in [1.807, 2.05) is 0 Å². The topological polar surface area (TPSA) is 41.5 Å². The van der Waals surface area contributed by atoms with Crippen LogP contribution in [0.4, 0.5) is 0 Å². The van der Waals surface area contributed by atoms with Crippen molar-refractivity contribution < 1.29 is 9.84 Å². The zero-order chi connectivity index (χ0) is 10.6. The fourth-order valence-corrected chi connectivity index (χ4v) is 1.85. The zero-order valence-corrected chi connectivity index (χ0v) is 9.55. The molecule has 1 aliphatic heterocycles. The standard InChI is InChI=1S/C11H23NO2/c1-11(2,3)10(4-6-13)12-9-5-7-14-8-9/h9-10,12-13H,4-8H2,1-3H3. The molecule has 0 bridgehead atoms. The van der Waals surface area contributed by atoms with Gasteiger partial charge < -0.3 is 15.2 Å². The molecule has 1 rings (SSSR count). The first-order valence-corrected chi connectivity index (χ1v) is 5.48. The second-order valence-corrected chi connectivity index (χ2v) is 5.16. The van der Waals surface area contributed by atoms with Gasteiger partial charge in [0.15, 0.2) is 0 Å². The molecular weight excluding hydrogens is 178 g/mol. The minimum Gasteiger partial charge on any atom is -0.396 e. The Morgan fingerprint density at radius 2 is 2.21 bits per heavy atom. The van der Waals surface area contributed by atoms with Gasteiger partial charge in [-0.25, -0.2) is 0 Å². The number of nitrogens with one attached hydrogen (secondary N) is 1. The Morgan fingerprint density at radius 1 is 1.50 bits per heavy atom. The molecule has 0 aromatic rings. The van der Waals surface area contributed by atoms with Gasteiger partial charge in [-0.05, 0) is 18.3 Å². The lowest BCUT2D eigenvalue weighted by atomic mass is 9.84. The van der Waals surface area contributed by atoms with Crippen LogP contribution in [-0.4, -0.2) is 37.0 Å². The predicted molar refractivity (Wildman–Crippen MR) is 57.3 cm³/mol. The van der Waals surface area contributed by atoms with Crippen LogP contribution < -0.4 is 5.32 Å². The SMILES string of the molecule is CC(C)(C)C(CCO)NC1CCOC1. The lowest BCUT2D eigenvalue weighted by Crippen LogP contribution is -2.46. The van der Waals surface area contributed by atoms with Gasteiger partial charge in [-0.15, -0.1) is 0 Å². The molecule has 2 N–H and O–H groups in total. The first-order valence-electron chi connectivity index (χ1n) is 5.48. The lowest BCUT2D eigenvalue weighted by molar-refractivity contribution is 0.163. The van der Waals surface area contributed by atoms with E-state index >= 15 is 0 Å². The average molecular weight is 201 g/mol. The summed E-state index contributed by atoms with van der Waals surface area (Å²) in [5.74, 6) is 0. The second kappa shape index (κ2) is 5.10. The highest BCUT2D eigenvalue weighted by Gasteiger charge is 2.27. The zero-order valence-electron chi connectivity index (χ0n) is 9.55. The Kier molecular flexibility index (Phi) is 4.35. The van der Waals surface area contributed by atoms with Gasteiger partial charge in [0.05, 0.1) is 6.61 Å². The maximum atomic E-state index is 9.00. The third-order valence-corrected chi connectivity index (χ3v) is 2.83. The average Bonchev–Trinajstić information content (AvgIpc) is 2.54. The number of hydrogen-bond acceptors (Lipinski definition) is 3. The number of ether oxygens (including phenoxy) is 1. The van der Waals surface area contributed by atoms with Gasteiger partial charge in [-0.3, -0.25) is 0 Å². The summed E-state index contributed by atoms with van der Waals surface area (Å²) in [6, 6.07) is 0.852. The van der Waals surface area contributed by atoms with Gasteiger partial charge >= 0.3 is 0 Å². The Morgan fingerprint density at radius 3 is 2.64 bits per heavy atom. The molecule has 1 fully saturated rings. The van der Waals surface area contributed by atoms with Gasteiger partial charge in [-0.2, -0.15) is 0 Å². The summed E-state index contributed by atoms with van der Waals surface area (Å²) in [5, 5.41) is 12.6. The van der Waals surface area contributed by atoms with E-state index in [4.69, 9.17) is 9.84 Å². The van der Waals surface area contributed by atoms with Gasteiger partial charge in [0.25, 0.3) is 0 Å². The van der Waals surface area contributed by atoms with Crippen LogP contribution in [0, 0.1) is 5.41 Å². The lowest BCUT2D eigenvalue weighted by Gasteiger charge is -2.33. The van der Waals surface area contributed by atoms with Crippen LogP contribution in [-0.2, 0) is 4.74 Å². The number of rotatable bonds is 4. The first-order chi connectivity index (χ1) is 6.54. The van der Waals surface area contributed by atoms with Crippen molar-refractivity contribution >= 4 is 0 Å². The molecule has 0 aromatic carbocycles. The summed E-state index contributed by atoms with van der Waals surface area (Å²) in [6.45, 7) is 8.55. The predicted octanol–water partition coefficient (Wildman–Crippen LogP) is 1.16. The Bertz CT molecular complexity index is 159. The molecule has 14 heavy (non-hydrogen) atoms. The molecule has 1 heterocycles. The number of hydrogen-bond donors (Lipinski definition) is 2. The van der Waals surface area contributed by atoms with Crippen molar-refractivity contribution in [2.45, 2.75) is 45.7 Å². The molecule has 0 spiro atoms. The second-order valence-electron chi connectivity index (χ2n) is 5.16. The van der Waals surface area contributed by atoms with Crippen LogP contribution in [0.5, 0.6) is 0 Å². The van der Waals surface area contributed by atoms with E-state index in [2.05, 4.69) is 26.1 Å². The van der Waals surface area contributed by atoms with E-state index in [1.54, 1.807) is 0 Å². The highest BCUT2D eigenvalue weighted by Crippen LogP contribution is 2.23. The molecule has 84 valence electrons. The number of aliphatic hydroxyl groups is 1. The summed E-state index contributed by atoms with van der Waals surface area (Å²) < 4.78 is 5.32. The molecular formula is C11H23NO2. The van der Waals surface area contributed by atoms with Crippen molar-refractivity contribution in [1.29, 1.82) is 0 Å². The molecule has 1 aliphatic rings. The molecule has 3 heteroatoms. The summed E-state index contributed by atoms with van der Waals surface area (Å²) >= 11 is 0. The van der Waals surface area contributed by atoms with Crippen molar-refractivity contribution in [1.82, 2.24) is 5.32 Å². The largest absolute Gasteiger partial charge is 0.396 e. The smallest absolute Gasteiger partial charge is 0.0620 e. The monoisotopic (exact) mass is 201 g/mol. The fourth-order valence-electron chi connectivity index (χ4n) is 1.85. The molecule has 1 saturated heterocycles. The van der Waals surface area contributed by atoms with Gasteiger partial charge in [0.1, 0.15) is 0 Å². The maximum absolute atomic E-state index is 9.00. The van der Waals surface area contributed by atoms with E-state index in [-0.39, 0.29) is 12.0 Å². The van der Waals surface area contributed by atoms with Crippen LogP contribution in [0.25, 0.3) is 0 Å². The third-order valence-electron chi connectivity index (χ3n) is 2.83. The van der Waals surface area contributed by atoms with Crippen molar-refractivity contribution in [2.24, 2.45) is 5.41 Å². The van der Waals surface area contributed by atoms with E-state index in [0.717, 1.165) is 26.1 Å². The molecule has 2 unspecified atom stereocenters. The normalized spacial score (nSPS) is 25.3. The van der Waals surface area contributed by atoms with Crippen LogP contribution in [0.1, 0.15) is 33.6 Å². The highest BCUT2D eigenvalue weighted by atomic mass is 16.5. The molecule has 2 atom stereocenters. The van der Waals surface area contributed by atoms with Crippen molar-refractivity contribution in [3.8, 4) is 0 Å². The molecule has 0 radical (unpaired) electrons. The molecule has 0 aliphatic carbocycles. The van der Waals surface area contributed by atoms with E-state index < -0.39 is 0 Å². The van der Waals surface area contributed by atoms with Crippen LogP contribution in [0.3, 0.4) is 0 Å². The minimum atomic E-state index is 0.200. The molecule has 0 amide bonds. The van der Waals surface area contributed by atoms with E-state index in [9.17, 15) is 0 Å². The highest BCUT2D eigenvalue weighted by molar-refractivity contribution is 4.84. The van der Waals surface area contributed by atoms with Crippen molar-refractivity contribution in [3.63, 3.8) is 0 Å². The summed E-state index contributed by atoms with van der Waals surface area (Å²) in [4.78, 5) is 0. The van der Waals surface area contributed by atoms with E-state index in [0.29, 0.717) is 12.1 Å². The maximum Gasteiger partial charge on any atom is 0.0620 e. The Labute approximate surface area is 86.8 Å². The van der Waals surface area contributed by atoms with Crippen LogP contribution in [0.2, 0.25) is 0 Å². The fraction of sp³-hybridized carbons (Fsp3) is 1.00. The Hall–Kier alpha value is -0.120. The van der Waals surface area contributed by atoms with Crippen molar-refractivity contribution in [2.75, 3.05) is 19.8 Å². The quantitative estimate of drug-likeness (QED) is 0.717. The van der Waals surface area contributed by atoms with Crippen LogP contribution >= 0.6 is 0 Å². The summed E-state index contributed by atoms with van der Waals surface area (Å²) in [6.07, 6.45) is 1.91.